The number of anilines is 1. The molecule has 1 aliphatic heterocycles. The average molecular weight is 356 g/mol. The Balaban J connectivity index is 1.72. The maximum atomic E-state index is 12.7. The predicted octanol–water partition coefficient (Wildman–Crippen LogP) is 2.79. The predicted molar refractivity (Wildman–Crippen MR) is 103 cm³/mol. The molecule has 1 N–H and O–H groups in total. The smallest absolute Gasteiger partial charge is 0.269 e. The Morgan fingerprint density at radius 3 is 2.69 bits per heavy atom. The quantitative estimate of drug-likeness (QED) is 0.865. The number of carbonyl (C=O) groups excluding carboxylic acids is 1. The van der Waals surface area contributed by atoms with E-state index >= 15 is 0 Å². The Bertz CT molecular complexity index is 748. The molecule has 0 saturated carbocycles. The van der Waals surface area contributed by atoms with Crippen molar-refractivity contribution in [1.29, 1.82) is 0 Å². The molecule has 1 aromatic carbocycles. The molecule has 0 aliphatic carbocycles. The highest BCUT2D eigenvalue weighted by atomic mass is 16.5. The molecular formula is C20H28N4O2. The highest BCUT2D eigenvalue weighted by Gasteiger charge is 2.18. The average Bonchev–Trinajstić information content (AvgIpc) is 3.12. The molecule has 1 aromatic heterocycles. The number of benzene rings is 1. The molecule has 6 heteroatoms. The van der Waals surface area contributed by atoms with Crippen LogP contribution in [0.5, 0.6) is 0 Å². The van der Waals surface area contributed by atoms with E-state index in [0.29, 0.717) is 24.7 Å². The van der Waals surface area contributed by atoms with Crippen LogP contribution in [0.2, 0.25) is 0 Å². The van der Waals surface area contributed by atoms with Gasteiger partial charge in [-0.2, -0.15) is 5.10 Å². The number of rotatable bonds is 6. The van der Waals surface area contributed by atoms with Crippen molar-refractivity contribution in [3.8, 4) is 0 Å². The molecule has 140 valence electrons. The van der Waals surface area contributed by atoms with Crippen molar-refractivity contribution in [1.82, 2.24) is 15.1 Å². The summed E-state index contributed by atoms with van der Waals surface area (Å²) in [4.78, 5) is 15.0. The number of amides is 1. The number of hydrogen-bond donors (Lipinski definition) is 1. The molecule has 6 nitrogen and oxygen atoms in total. The lowest BCUT2D eigenvalue weighted by molar-refractivity contribution is 0.0940. The number of aromatic nitrogens is 2. The number of para-hydroxylation sites is 1. The molecular weight excluding hydrogens is 328 g/mol. The fourth-order valence-corrected chi connectivity index (χ4v) is 3.18. The van der Waals surface area contributed by atoms with E-state index in [1.165, 1.54) is 5.69 Å². The first-order chi connectivity index (χ1) is 12.6. The van der Waals surface area contributed by atoms with Crippen LogP contribution >= 0.6 is 0 Å². The Hall–Kier alpha value is -2.34. The Morgan fingerprint density at radius 1 is 1.27 bits per heavy atom. The SMILES string of the molecule is CCn1nc(C(C)C)cc1C(=O)NCc1ccccc1N1CCOCC1. The Labute approximate surface area is 155 Å². The van der Waals surface area contributed by atoms with Crippen LogP contribution in [0.15, 0.2) is 30.3 Å². The molecule has 26 heavy (non-hydrogen) atoms. The summed E-state index contributed by atoms with van der Waals surface area (Å²) in [6.07, 6.45) is 0. The molecule has 0 unspecified atom stereocenters. The van der Waals surface area contributed by atoms with Gasteiger partial charge in [0.05, 0.1) is 18.9 Å². The second-order valence-corrected chi connectivity index (χ2v) is 6.84. The normalized spacial score (nSPS) is 14.7. The number of hydrogen-bond acceptors (Lipinski definition) is 4. The van der Waals surface area contributed by atoms with Crippen molar-refractivity contribution in [3.63, 3.8) is 0 Å². The van der Waals surface area contributed by atoms with E-state index < -0.39 is 0 Å². The minimum absolute atomic E-state index is 0.0805. The molecule has 1 amide bonds. The van der Waals surface area contributed by atoms with Gasteiger partial charge in [0.15, 0.2) is 0 Å². The lowest BCUT2D eigenvalue weighted by atomic mass is 10.1. The second-order valence-electron chi connectivity index (χ2n) is 6.84. The highest BCUT2D eigenvalue weighted by molar-refractivity contribution is 5.92. The van der Waals surface area contributed by atoms with Crippen LogP contribution in [0.1, 0.15) is 48.4 Å². The lowest BCUT2D eigenvalue weighted by Gasteiger charge is -2.30. The first kappa shape index (κ1) is 18.5. The van der Waals surface area contributed by atoms with Crippen LogP contribution in [-0.2, 0) is 17.8 Å². The highest BCUT2D eigenvalue weighted by Crippen LogP contribution is 2.21. The van der Waals surface area contributed by atoms with Crippen molar-refractivity contribution < 1.29 is 9.53 Å². The van der Waals surface area contributed by atoms with Crippen molar-refractivity contribution >= 4 is 11.6 Å². The largest absolute Gasteiger partial charge is 0.378 e. The van der Waals surface area contributed by atoms with Crippen molar-refractivity contribution in [3.05, 3.63) is 47.3 Å². The number of ether oxygens (including phenoxy) is 1. The van der Waals surface area contributed by atoms with Crippen LogP contribution in [0.3, 0.4) is 0 Å². The van der Waals surface area contributed by atoms with E-state index in [4.69, 9.17) is 4.74 Å². The van der Waals surface area contributed by atoms with Gasteiger partial charge in [-0.3, -0.25) is 9.48 Å². The van der Waals surface area contributed by atoms with Crippen molar-refractivity contribution in [2.24, 2.45) is 0 Å². The molecule has 0 spiro atoms. The molecule has 1 saturated heterocycles. The van der Waals surface area contributed by atoms with Gasteiger partial charge in [0.2, 0.25) is 0 Å². The van der Waals surface area contributed by atoms with Gasteiger partial charge in [-0.1, -0.05) is 32.0 Å². The standard InChI is InChI=1S/C20H28N4O2/c1-4-24-19(13-17(22-24)15(2)3)20(25)21-14-16-7-5-6-8-18(16)23-9-11-26-12-10-23/h5-8,13,15H,4,9-12,14H2,1-3H3,(H,21,25). The summed E-state index contributed by atoms with van der Waals surface area (Å²) in [5, 5.41) is 7.59. The van der Waals surface area contributed by atoms with Gasteiger partial charge in [0.25, 0.3) is 5.91 Å². The van der Waals surface area contributed by atoms with Gasteiger partial charge in [0, 0.05) is 31.9 Å². The summed E-state index contributed by atoms with van der Waals surface area (Å²) in [7, 11) is 0. The van der Waals surface area contributed by atoms with E-state index in [-0.39, 0.29) is 5.91 Å². The van der Waals surface area contributed by atoms with E-state index in [2.05, 4.69) is 41.3 Å². The molecule has 2 aromatic rings. The Kier molecular flexibility index (Phi) is 5.93. The fraction of sp³-hybridized carbons (Fsp3) is 0.500. The van der Waals surface area contributed by atoms with Gasteiger partial charge < -0.3 is 15.0 Å². The molecule has 1 aliphatic rings. The van der Waals surface area contributed by atoms with E-state index in [1.54, 1.807) is 4.68 Å². The maximum Gasteiger partial charge on any atom is 0.269 e. The molecule has 1 fully saturated rings. The fourth-order valence-electron chi connectivity index (χ4n) is 3.18. The third-order valence-corrected chi connectivity index (χ3v) is 4.71. The molecule has 0 radical (unpaired) electrons. The zero-order valence-corrected chi connectivity index (χ0v) is 15.9. The summed E-state index contributed by atoms with van der Waals surface area (Å²) in [5.41, 5.74) is 3.86. The minimum Gasteiger partial charge on any atom is -0.378 e. The number of morpholine rings is 1. The summed E-state index contributed by atoms with van der Waals surface area (Å²) in [6, 6.07) is 10.1. The van der Waals surface area contributed by atoms with Crippen LogP contribution < -0.4 is 10.2 Å². The Morgan fingerprint density at radius 2 is 2.00 bits per heavy atom. The van der Waals surface area contributed by atoms with E-state index in [9.17, 15) is 4.79 Å². The zero-order valence-electron chi connectivity index (χ0n) is 15.9. The monoisotopic (exact) mass is 356 g/mol. The zero-order chi connectivity index (χ0) is 18.5. The van der Waals surface area contributed by atoms with Gasteiger partial charge in [-0.25, -0.2) is 0 Å². The maximum absolute atomic E-state index is 12.7. The first-order valence-corrected chi connectivity index (χ1v) is 9.36. The minimum atomic E-state index is -0.0805. The van der Waals surface area contributed by atoms with Crippen LogP contribution in [0, 0.1) is 0 Å². The van der Waals surface area contributed by atoms with Crippen molar-refractivity contribution in [2.45, 2.75) is 39.8 Å². The van der Waals surface area contributed by atoms with Crippen molar-refractivity contribution in [2.75, 3.05) is 31.2 Å². The first-order valence-electron chi connectivity index (χ1n) is 9.36. The van der Waals surface area contributed by atoms with E-state index in [1.807, 2.05) is 25.1 Å². The van der Waals surface area contributed by atoms with Crippen LogP contribution in [-0.4, -0.2) is 42.0 Å². The number of nitrogens with zero attached hydrogens (tertiary/aromatic N) is 3. The number of aryl methyl sites for hydroxylation is 1. The summed E-state index contributed by atoms with van der Waals surface area (Å²) in [5.74, 6) is 0.222. The molecule has 2 heterocycles. The number of nitrogens with one attached hydrogen (secondary N) is 1. The van der Waals surface area contributed by atoms with Gasteiger partial charge >= 0.3 is 0 Å². The number of carbonyl (C=O) groups is 1. The third kappa shape index (κ3) is 4.07. The lowest BCUT2D eigenvalue weighted by Crippen LogP contribution is -2.37. The third-order valence-electron chi connectivity index (χ3n) is 4.71. The van der Waals surface area contributed by atoms with Crippen LogP contribution in [0.4, 0.5) is 5.69 Å². The topological polar surface area (TPSA) is 59.4 Å². The summed E-state index contributed by atoms with van der Waals surface area (Å²) < 4.78 is 7.22. The summed E-state index contributed by atoms with van der Waals surface area (Å²) >= 11 is 0. The second kappa shape index (κ2) is 8.36. The van der Waals surface area contributed by atoms with Crippen LogP contribution in [0.25, 0.3) is 0 Å². The molecule has 0 bridgehead atoms. The van der Waals surface area contributed by atoms with Gasteiger partial charge in [-0.05, 0) is 30.5 Å². The van der Waals surface area contributed by atoms with Gasteiger partial charge in [-0.15, -0.1) is 0 Å². The van der Waals surface area contributed by atoms with E-state index in [0.717, 1.165) is 37.6 Å². The van der Waals surface area contributed by atoms with Gasteiger partial charge in [0.1, 0.15) is 5.69 Å². The molecule has 0 atom stereocenters. The summed E-state index contributed by atoms with van der Waals surface area (Å²) in [6.45, 7) is 10.6. The molecule has 3 rings (SSSR count).